The van der Waals surface area contributed by atoms with Gasteiger partial charge in [0, 0.05) is 18.4 Å². The number of hydrogen-bond acceptors (Lipinski definition) is 4. The molecule has 1 heterocycles. The van der Waals surface area contributed by atoms with Crippen molar-refractivity contribution in [3.05, 3.63) is 70.5 Å². The quantitative estimate of drug-likeness (QED) is 0.634. The normalized spacial score (nSPS) is 10.5. The van der Waals surface area contributed by atoms with Crippen LogP contribution in [0.1, 0.15) is 16.1 Å². The number of imidazole rings is 1. The maximum Gasteiger partial charge on any atom is 0.270 e. The Morgan fingerprint density at radius 2 is 1.85 bits per heavy atom. The number of amides is 1. The number of H-pyrrole nitrogens is 1. The van der Waals surface area contributed by atoms with Crippen molar-refractivity contribution in [3.8, 4) is 17.2 Å². The summed E-state index contributed by atoms with van der Waals surface area (Å²) < 4.78 is 25.5. The second-order valence-corrected chi connectivity index (χ2v) is 6.05. The highest BCUT2D eigenvalue weighted by molar-refractivity contribution is 7.71. The van der Waals surface area contributed by atoms with Crippen LogP contribution in [0, 0.1) is 10.6 Å². The molecule has 0 aliphatic carbocycles. The number of carbonyl (C=O) groups is 1. The van der Waals surface area contributed by atoms with E-state index in [0.717, 1.165) is 5.56 Å². The molecule has 3 aromatic rings. The Hall–Kier alpha value is -3.13. The Kier molecular flexibility index (Phi) is 5.56. The van der Waals surface area contributed by atoms with Crippen LogP contribution in [0.25, 0.3) is 5.69 Å². The van der Waals surface area contributed by atoms with Crippen LogP contribution >= 0.6 is 12.2 Å². The number of benzene rings is 2. The molecule has 0 saturated carbocycles. The highest BCUT2D eigenvalue weighted by atomic mass is 32.1. The van der Waals surface area contributed by atoms with Gasteiger partial charge >= 0.3 is 0 Å². The molecule has 0 aliphatic rings. The van der Waals surface area contributed by atoms with E-state index in [1.807, 2.05) is 6.07 Å². The minimum Gasteiger partial charge on any atom is -0.493 e. The van der Waals surface area contributed by atoms with Gasteiger partial charge in [-0.2, -0.15) is 0 Å². The predicted octanol–water partition coefficient (Wildman–Crippen LogP) is 3.62. The second-order valence-electron chi connectivity index (χ2n) is 5.66. The summed E-state index contributed by atoms with van der Waals surface area (Å²) in [4.78, 5) is 15.5. The van der Waals surface area contributed by atoms with Crippen LogP contribution in [-0.4, -0.2) is 29.7 Å². The Morgan fingerprint density at radius 1 is 1.15 bits per heavy atom. The first kappa shape index (κ1) is 18.7. The second kappa shape index (κ2) is 8.05. The number of halogens is 1. The van der Waals surface area contributed by atoms with Crippen molar-refractivity contribution in [2.45, 2.75) is 6.54 Å². The van der Waals surface area contributed by atoms with Crippen LogP contribution in [0.2, 0.25) is 0 Å². The lowest BCUT2D eigenvalue weighted by atomic mass is 10.2. The Labute approximate surface area is 160 Å². The van der Waals surface area contributed by atoms with E-state index < -0.39 is 0 Å². The van der Waals surface area contributed by atoms with Crippen molar-refractivity contribution < 1.29 is 18.7 Å². The van der Waals surface area contributed by atoms with Crippen molar-refractivity contribution in [3.63, 3.8) is 0 Å². The summed E-state index contributed by atoms with van der Waals surface area (Å²) in [5.74, 6) is 0.518. The molecule has 1 aromatic heterocycles. The third-order valence-electron chi connectivity index (χ3n) is 3.99. The topological polar surface area (TPSA) is 68.3 Å². The number of ether oxygens (including phenoxy) is 2. The van der Waals surface area contributed by atoms with E-state index in [9.17, 15) is 9.18 Å². The summed E-state index contributed by atoms with van der Waals surface area (Å²) in [6, 6.07) is 11.2. The minimum absolute atomic E-state index is 0.292. The zero-order valence-electron chi connectivity index (χ0n) is 14.8. The number of hydrogen-bond donors (Lipinski definition) is 2. The number of methoxy groups -OCH3 is 2. The smallest absolute Gasteiger partial charge is 0.270 e. The molecule has 3 rings (SSSR count). The number of aromatic amines is 1. The van der Waals surface area contributed by atoms with Gasteiger partial charge in [-0.25, -0.2) is 4.39 Å². The van der Waals surface area contributed by atoms with E-state index in [4.69, 9.17) is 21.7 Å². The lowest BCUT2D eigenvalue weighted by molar-refractivity contribution is 0.0944. The van der Waals surface area contributed by atoms with Gasteiger partial charge in [0.05, 0.1) is 14.2 Å². The standard InChI is InChI=1S/C19H18FN3O3S/c1-25-16-8-3-12(9-17(16)26-2)10-21-18(24)15-11-22-19(27)23(15)14-6-4-13(20)5-7-14/h3-9,11H,10H2,1-2H3,(H,21,24)(H,22,27). The largest absolute Gasteiger partial charge is 0.493 e. The molecule has 0 unspecified atom stereocenters. The van der Waals surface area contributed by atoms with Crippen LogP contribution in [0.5, 0.6) is 11.5 Å². The minimum atomic E-state index is -0.361. The first-order valence-corrected chi connectivity index (χ1v) is 8.49. The van der Waals surface area contributed by atoms with E-state index in [1.54, 1.807) is 43.1 Å². The monoisotopic (exact) mass is 387 g/mol. The van der Waals surface area contributed by atoms with Gasteiger partial charge in [-0.05, 0) is 54.2 Å². The fourth-order valence-electron chi connectivity index (χ4n) is 2.65. The van der Waals surface area contributed by atoms with E-state index in [1.165, 1.54) is 18.3 Å². The average molecular weight is 387 g/mol. The fraction of sp³-hybridized carbons (Fsp3) is 0.158. The molecular formula is C19H18FN3O3S. The molecule has 0 saturated heterocycles. The lowest BCUT2D eigenvalue weighted by Gasteiger charge is -2.11. The summed E-state index contributed by atoms with van der Waals surface area (Å²) in [5.41, 5.74) is 1.77. The van der Waals surface area contributed by atoms with Crippen molar-refractivity contribution >= 4 is 18.1 Å². The molecular weight excluding hydrogens is 369 g/mol. The zero-order chi connectivity index (χ0) is 19.4. The van der Waals surface area contributed by atoms with Gasteiger partial charge in [0.25, 0.3) is 5.91 Å². The highest BCUT2D eigenvalue weighted by Gasteiger charge is 2.15. The van der Waals surface area contributed by atoms with Crippen LogP contribution < -0.4 is 14.8 Å². The van der Waals surface area contributed by atoms with Crippen molar-refractivity contribution in [1.82, 2.24) is 14.9 Å². The fourth-order valence-corrected chi connectivity index (χ4v) is 2.91. The first-order chi connectivity index (χ1) is 13.0. The summed E-state index contributed by atoms with van der Waals surface area (Å²) in [6.45, 7) is 0.292. The summed E-state index contributed by atoms with van der Waals surface area (Å²) in [5, 5.41) is 2.84. The zero-order valence-corrected chi connectivity index (χ0v) is 15.6. The summed E-state index contributed by atoms with van der Waals surface area (Å²) in [7, 11) is 3.11. The maximum absolute atomic E-state index is 13.2. The van der Waals surface area contributed by atoms with E-state index in [2.05, 4.69) is 10.3 Å². The van der Waals surface area contributed by atoms with Crippen LogP contribution in [0.4, 0.5) is 4.39 Å². The maximum atomic E-state index is 13.2. The summed E-state index contributed by atoms with van der Waals surface area (Å²) in [6.07, 6.45) is 1.52. The number of nitrogens with zero attached hydrogens (tertiary/aromatic N) is 1. The van der Waals surface area contributed by atoms with E-state index in [-0.39, 0.29) is 11.7 Å². The van der Waals surface area contributed by atoms with Gasteiger partial charge in [-0.1, -0.05) is 6.07 Å². The van der Waals surface area contributed by atoms with Gasteiger partial charge in [-0.3, -0.25) is 9.36 Å². The highest BCUT2D eigenvalue weighted by Crippen LogP contribution is 2.27. The number of carbonyl (C=O) groups excluding carboxylic acids is 1. The average Bonchev–Trinajstić information content (AvgIpc) is 3.08. The Morgan fingerprint density at radius 3 is 2.52 bits per heavy atom. The van der Waals surface area contributed by atoms with Crippen LogP contribution in [-0.2, 0) is 6.54 Å². The van der Waals surface area contributed by atoms with E-state index >= 15 is 0 Å². The van der Waals surface area contributed by atoms with E-state index in [0.29, 0.717) is 34.2 Å². The van der Waals surface area contributed by atoms with Gasteiger partial charge in [0.1, 0.15) is 11.5 Å². The molecule has 27 heavy (non-hydrogen) atoms. The van der Waals surface area contributed by atoms with Gasteiger partial charge in [-0.15, -0.1) is 0 Å². The number of aromatic nitrogens is 2. The third-order valence-corrected chi connectivity index (χ3v) is 4.30. The van der Waals surface area contributed by atoms with Gasteiger partial charge in [0.15, 0.2) is 16.3 Å². The molecule has 8 heteroatoms. The SMILES string of the molecule is COc1ccc(CNC(=O)c2c[nH]c(=S)n2-c2ccc(F)cc2)cc1OC. The summed E-state index contributed by atoms with van der Waals surface area (Å²) >= 11 is 5.25. The van der Waals surface area contributed by atoms with Crippen LogP contribution in [0.3, 0.4) is 0 Å². The molecule has 6 nitrogen and oxygen atoms in total. The third kappa shape index (κ3) is 4.01. The molecule has 140 valence electrons. The lowest BCUT2D eigenvalue weighted by Crippen LogP contribution is -2.25. The molecule has 2 aromatic carbocycles. The number of nitrogens with one attached hydrogen (secondary N) is 2. The molecule has 0 aliphatic heterocycles. The predicted molar refractivity (Wildman–Crippen MR) is 102 cm³/mol. The van der Waals surface area contributed by atoms with Crippen molar-refractivity contribution in [1.29, 1.82) is 0 Å². The molecule has 0 spiro atoms. The molecule has 0 radical (unpaired) electrons. The first-order valence-electron chi connectivity index (χ1n) is 8.09. The molecule has 0 bridgehead atoms. The van der Waals surface area contributed by atoms with Gasteiger partial charge < -0.3 is 19.8 Å². The number of rotatable bonds is 6. The van der Waals surface area contributed by atoms with Crippen molar-refractivity contribution in [2.75, 3.05) is 14.2 Å². The molecule has 0 atom stereocenters. The Bertz CT molecular complexity index is 1010. The van der Waals surface area contributed by atoms with Crippen molar-refractivity contribution in [2.24, 2.45) is 0 Å². The molecule has 1 amide bonds. The Balaban J connectivity index is 1.80. The van der Waals surface area contributed by atoms with Gasteiger partial charge in [0.2, 0.25) is 0 Å². The molecule has 2 N–H and O–H groups in total. The van der Waals surface area contributed by atoms with Crippen LogP contribution in [0.15, 0.2) is 48.7 Å². The molecule has 0 fully saturated rings.